The predicted octanol–water partition coefficient (Wildman–Crippen LogP) is 5.12. The first-order valence-electron chi connectivity index (χ1n) is 11.2. The van der Waals surface area contributed by atoms with Crippen molar-refractivity contribution in [2.75, 3.05) is 5.32 Å². The van der Waals surface area contributed by atoms with Crippen molar-refractivity contribution >= 4 is 34.4 Å². The molecular weight excluding hydrogens is 401 g/mol. The number of benzene rings is 1. The van der Waals surface area contributed by atoms with Crippen molar-refractivity contribution < 1.29 is 14.0 Å². The fourth-order valence-electron chi connectivity index (χ4n) is 4.66. The molecule has 1 unspecified atom stereocenters. The minimum absolute atomic E-state index is 0.0238. The number of rotatable bonds is 5. The van der Waals surface area contributed by atoms with E-state index in [9.17, 15) is 14.0 Å². The van der Waals surface area contributed by atoms with Crippen LogP contribution in [0.3, 0.4) is 0 Å². The highest BCUT2D eigenvalue weighted by atomic mass is 32.2. The predicted molar refractivity (Wildman–Crippen MR) is 119 cm³/mol. The summed E-state index contributed by atoms with van der Waals surface area (Å²) in [6, 6.07) is 6.19. The molecule has 1 atom stereocenters. The Morgan fingerprint density at radius 2 is 1.67 bits per heavy atom. The Labute approximate surface area is 181 Å². The second-order valence-corrected chi connectivity index (χ2v) is 9.74. The summed E-state index contributed by atoms with van der Waals surface area (Å²) in [4.78, 5) is 32.8. The van der Waals surface area contributed by atoms with E-state index in [0.717, 1.165) is 43.7 Å². The molecular formula is C23H30FN3O2S. The SMILES string of the molecule is O=C(CC1SC(=NC2CCCCC2)N(C2CCCCC2)C1=O)Nc1ccc(F)cc1. The Kier molecular flexibility index (Phi) is 7.08. The van der Waals surface area contributed by atoms with Gasteiger partial charge in [-0.2, -0.15) is 0 Å². The van der Waals surface area contributed by atoms with Crippen molar-refractivity contribution in [1.29, 1.82) is 0 Å². The number of hydrogen-bond donors (Lipinski definition) is 1. The lowest BCUT2D eigenvalue weighted by Crippen LogP contribution is -2.43. The lowest BCUT2D eigenvalue weighted by molar-refractivity contribution is -0.130. The highest BCUT2D eigenvalue weighted by molar-refractivity contribution is 8.15. The molecule has 1 aromatic carbocycles. The minimum atomic E-state index is -0.435. The maximum Gasteiger partial charge on any atom is 0.242 e. The zero-order valence-corrected chi connectivity index (χ0v) is 18.1. The number of hydrogen-bond acceptors (Lipinski definition) is 4. The molecule has 1 aliphatic heterocycles. The number of halogens is 1. The van der Waals surface area contributed by atoms with Crippen LogP contribution < -0.4 is 5.32 Å². The Bertz CT molecular complexity index is 786. The number of nitrogens with one attached hydrogen (secondary N) is 1. The molecule has 2 aliphatic carbocycles. The highest BCUT2D eigenvalue weighted by Gasteiger charge is 2.43. The molecule has 0 aromatic heterocycles. The van der Waals surface area contributed by atoms with Crippen molar-refractivity contribution in [1.82, 2.24) is 4.90 Å². The average molecular weight is 432 g/mol. The number of carbonyl (C=O) groups is 2. The standard InChI is InChI=1S/C23H30FN3O2S/c24-16-11-13-18(14-12-16)25-21(28)15-20-22(29)27(19-9-5-2-6-10-19)23(30-20)26-17-7-3-1-4-8-17/h11-14,17,19-20H,1-10,15H2,(H,25,28). The topological polar surface area (TPSA) is 61.8 Å². The van der Waals surface area contributed by atoms with Crippen LogP contribution in [0, 0.1) is 5.82 Å². The van der Waals surface area contributed by atoms with Gasteiger partial charge in [-0.25, -0.2) is 4.39 Å². The van der Waals surface area contributed by atoms with Crippen molar-refractivity contribution in [2.24, 2.45) is 4.99 Å². The van der Waals surface area contributed by atoms with Gasteiger partial charge in [0, 0.05) is 18.2 Å². The van der Waals surface area contributed by atoms with Gasteiger partial charge >= 0.3 is 0 Å². The Balaban J connectivity index is 1.46. The molecule has 2 saturated carbocycles. The van der Waals surface area contributed by atoms with Gasteiger partial charge in [0.25, 0.3) is 0 Å². The van der Waals surface area contributed by atoms with E-state index in [1.54, 1.807) is 0 Å². The second kappa shape index (κ2) is 9.94. The van der Waals surface area contributed by atoms with Gasteiger partial charge in [0.2, 0.25) is 11.8 Å². The normalized spacial score (nSPS) is 25.1. The van der Waals surface area contributed by atoms with E-state index >= 15 is 0 Å². The number of amidine groups is 1. The number of carbonyl (C=O) groups excluding carboxylic acids is 2. The van der Waals surface area contributed by atoms with E-state index in [0.29, 0.717) is 11.7 Å². The Morgan fingerprint density at radius 3 is 2.33 bits per heavy atom. The fraction of sp³-hybridized carbons (Fsp3) is 0.609. The average Bonchev–Trinajstić information content (AvgIpc) is 3.05. The summed E-state index contributed by atoms with van der Waals surface area (Å²) < 4.78 is 13.1. The summed E-state index contributed by atoms with van der Waals surface area (Å²) in [5, 5.41) is 3.17. The minimum Gasteiger partial charge on any atom is -0.326 e. The zero-order chi connectivity index (χ0) is 20.9. The number of anilines is 1. The maximum absolute atomic E-state index is 13.3. The number of thioether (sulfide) groups is 1. The molecule has 0 bridgehead atoms. The monoisotopic (exact) mass is 431 g/mol. The van der Waals surface area contributed by atoms with Gasteiger partial charge in [0.1, 0.15) is 11.1 Å². The quantitative estimate of drug-likeness (QED) is 0.704. The molecule has 5 nitrogen and oxygen atoms in total. The molecule has 1 heterocycles. The molecule has 30 heavy (non-hydrogen) atoms. The van der Waals surface area contributed by atoms with E-state index in [1.165, 1.54) is 61.7 Å². The number of aliphatic imine (C=N–C) groups is 1. The molecule has 0 spiro atoms. The van der Waals surface area contributed by atoms with Crippen LogP contribution in [0.1, 0.15) is 70.6 Å². The van der Waals surface area contributed by atoms with Gasteiger partial charge in [0.15, 0.2) is 5.17 Å². The van der Waals surface area contributed by atoms with Crippen LogP contribution in [0.4, 0.5) is 10.1 Å². The van der Waals surface area contributed by atoms with Gasteiger partial charge in [-0.15, -0.1) is 0 Å². The molecule has 1 aromatic rings. The highest BCUT2D eigenvalue weighted by Crippen LogP contribution is 2.36. The molecule has 1 saturated heterocycles. The third-order valence-corrected chi connectivity index (χ3v) is 7.44. The van der Waals surface area contributed by atoms with Gasteiger partial charge < -0.3 is 5.32 Å². The molecule has 1 N–H and O–H groups in total. The largest absolute Gasteiger partial charge is 0.326 e. The van der Waals surface area contributed by atoms with Crippen LogP contribution in [0.25, 0.3) is 0 Å². The van der Waals surface area contributed by atoms with E-state index in [2.05, 4.69) is 5.32 Å². The van der Waals surface area contributed by atoms with Crippen molar-refractivity contribution in [3.05, 3.63) is 30.1 Å². The Hall–Kier alpha value is -1.89. The molecule has 162 valence electrons. The second-order valence-electron chi connectivity index (χ2n) is 8.57. The lowest BCUT2D eigenvalue weighted by Gasteiger charge is -2.31. The lowest BCUT2D eigenvalue weighted by atomic mass is 9.94. The summed E-state index contributed by atoms with van der Waals surface area (Å²) in [7, 11) is 0. The molecule has 3 fully saturated rings. The van der Waals surface area contributed by atoms with Crippen LogP contribution in [-0.4, -0.2) is 39.2 Å². The summed E-state index contributed by atoms with van der Waals surface area (Å²) in [6.45, 7) is 0. The van der Waals surface area contributed by atoms with Crippen molar-refractivity contribution in [3.63, 3.8) is 0 Å². The summed E-state index contributed by atoms with van der Waals surface area (Å²) in [5.41, 5.74) is 0.539. The van der Waals surface area contributed by atoms with Crippen molar-refractivity contribution in [3.8, 4) is 0 Å². The first-order chi connectivity index (χ1) is 14.6. The van der Waals surface area contributed by atoms with Crippen molar-refractivity contribution in [2.45, 2.75) is 88.0 Å². The molecule has 7 heteroatoms. The zero-order valence-electron chi connectivity index (χ0n) is 17.3. The third kappa shape index (κ3) is 5.23. The van der Waals surface area contributed by atoms with Crippen LogP contribution in [-0.2, 0) is 9.59 Å². The molecule has 2 amide bonds. The van der Waals surface area contributed by atoms with Crippen LogP contribution in [0.5, 0.6) is 0 Å². The van der Waals surface area contributed by atoms with E-state index in [1.807, 2.05) is 4.90 Å². The third-order valence-electron chi connectivity index (χ3n) is 6.27. The van der Waals surface area contributed by atoms with Crippen LogP contribution in [0.2, 0.25) is 0 Å². The van der Waals surface area contributed by atoms with E-state index in [4.69, 9.17) is 4.99 Å². The van der Waals surface area contributed by atoms with Crippen LogP contribution in [0.15, 0.2) is 29.3 Å². The van der Waals surface area contributed by atoms with Gasteiger partial charge in [0.05, 0.1) is 6.04 Å². The summed E-state index contributed by atoms with van der Waals surface area (Å²) in [6.07, 6.45) is 11.5. The van der Waals surface area contributed by atoms with Gasteiger partial charge in [-0.05, 0) is 49.9 Å². The molecule has 0 radical (unpaired) electrons. The fourth-order valence-corrected chi connectivity index (χ4v) is 5.93. The van der Waals surface area contributed by atoms with E-state index in [-0.39, 0.29) is 30.1 Å². The Morgan fingerprint density at radius 1 is 1.03 bits per heavy atom. The summed E-state index contributed by atoms with van der Waals surface area (Å²) >= 11 is 1.46. The molecule has 4 rings (SSSR count). The number of amides is 2. The first kappa shape index (κ1) is 21.3. The maximum atomic E-state index is 13.3. The summed E-state index contributed by atoms with van der Waals surface area (Å²) in [5.74, 6) is -0.549. The molecule has 3 aliphatic rings. The first-order valence-corrected chi connectivity index (χ1v) is 12.1. The smallest absolute Gasteiger partial charge is 0.242 e. The van der Waals surface area contributed by atoms with E-state index < -0.39 is 5.25 Å². The van der Waals surface area contributed by atoms with Gasteiger partial charge in [-0.3, -0.25) is 19.5 Å². The van der Waals surface area contributed by atoms with Crippen LogP contribution >= 0.6 is 11.8 Å². The van der Waals surface area contributed by atoms with Gasteiger partial charge in [-0.1, -0.05) is 50.3 Å². The number of nitrogens with zero attached hydrogens (tertiary/aromatic N) is 2.